The summed E-state index contributed by atoms with van der Waals surface area (Å²) in [6, 6.07) is 13.5. The van der Waals surface area contributed by atoms with Gasteiger partial charge in [-0.05, 0) is 67.4 Å². The van der Waals surface area contributed by atoms with Crippen LogP contribution in [0.5, 0.6) is 0 Å². The highest BCUT2D eigenvalue weighted by Crippen LogP contribution is 2.37. The molecule has 0 aromatic heterocycles. The molecule has 2 aromatic rings. The summed E-state index contributed by atoms with van der Waals surface area (Å²) in [5.74, 6) is -0.0421. The zero-order valence-electron chi connectivity index (χ0n) is 20.1. The van der Waals surface area contributed by atoms with Crippen molar-refractivity contribution in [2.75, 3.05) is 20.1 Å². The molecular formula is C28H33F2N3O2. The number of benzene rings is 2. The molecule has 4 rings (SSSR count). The van der Waals surface area contributed by atoms with Crippen molar-refractivity contribution in [1.82, 2.24) is 15.1 Å². The van der Waals surface area contributed by atoms with Crippen LogP contribution in [0.2, 0.25) is 0 Å². The van der Waals surface area contributed by atoms with Crippen LogP contribution >= 0.6 is 0 Å². The maximum absolute atomic E-state index is 13.9. The molecule has 2 atom stereocenters. The average molecular weight is 482 g/mol. The Bertz CT molecular complexity index is 1050. The molecule has 1 N–H and O–H groups in total. The van der Waals surface area contributed by atoms with E-state index >= 15 is 0 Å². The van der Waals surface area contributed by atoms with E-state index in [0.29, 0.717) is 43.6 Å². The number of nitrogens with one attached hydrogen (secondary N) is 1. The van der Waals surface area contributed by atoms with E-state index in [1.165, 1.54) is 0 Å². The summed E-state index contributed by atoms with van der Waals surface area (Å²) in [5.41, 5.74) is 3.35. The molecule has 1 saturated heterocycles. The number of halogens is 2. The molecule has 2 unspecified atom stereocenters. The predicted octanol–water partition coefficient (Wildman–Crippen LogP) is 4.91. The summed E-state index contributed by atoms with van der Waals surface area (Å²) in [7, 11) is 1.58. The molecule has 0 saturated carbocycles. The van der Waals surface area contributed by atoms with Gasteiger partial charge in [-0.3, -0.25) is 14.5 Å². The molecule has 2 amide bonds. The number of fused-ring (bicyclic) bond motifs is 1. The van der Waals surface area contributed by atoms with Gasteiger partial charge in [-0.1, -0.05) is 48.5 Å². The molecule has 0 bridgehead atoms. The topological polar surface area (TPSA) is 52.7 Å². The Hall–Kier alpha value is -3.06. The smallest absolute Gasteiger partial charge is 0.258 e. The molecule has 7 heteroatoms. The maximum Gasteiger partial charge on any atom is 0.258 e. The molecule has 2 aromatic carbocycles. The number of carbonyl (C=O) groups is 2. The number of piperidine rings is 1. The molecule has 35 heavy (non-hydrogen) atoms. The number of hydrogen-bond acceptors (Lipinski definition) is 3. The van der Waals surface area contributed by atoms with Crippen molar-refractivity contribution in [3.63, 3.8) is 0 Å². The molecule has 2 aliphatic rings. The van der Waals surface area contributed by atoms with Crippen LogP contribution in [0.3, 0.4) is 0 Å². The Morgan fingerprint density at radius 3 is 2.51 bits per heavy atom. The quantitative estimate of drug-likeness (QED) is 0.518. The van der Waals surface area contributed by atoms with Crippen molar-refractivity contribution in [2.24, 2.45) is 0 Å². The molecule has 186 valence electrons. The van der Waals surface area contributed by atoms with Crippen LogP contribution in [0.15, 0.2) is 61.2 Å². The van der Waals surface area contributed by atoms with Crippen LogP contribution in [-0.4, -0.2) is 54.2 Å². The van der Waals surface area contributed by atoms with Crippen molar-refractivity contribution in [2.45, 2.75) is 56.7 Å². The van der Waals surface area contributed by atoms with Gasteiger partial charge < -0.3 is 10.2 Å². The minimum atomic E-state index is -2.44. The zero-order valence-corrected chi connectivity index (χ0v) is 20.1. The summed E-state index contributed by atoms with van der Waals surface area (Å²) in [5, 5.41) is 2.67. The predicted molar refractivity (Wildman–Crippen MR) is 132 cm³/mol. The van der Waals surface area contributed by atoms with Gasteiger partial charge in [0, 0.05) is 19.2 Å². The fraction of sp³-hybridized carbons (Fsp3) is 0.429. The van der Waals surface area contributed by atoms with Crippen molar-refractivity contribution < 1.29 is 18.4 Å². The van der Waals surface area contributed by atoms with E-state index in [0.717, 1.165) is 24.0 Å². The summed E-state index contributed by atoms with van der Waals surface area (Å²) >= 11 is 0. The summed E-state index contributed by atoms with van der Waals surface area (Å²) in [6.45, 7) is 5.32. The molecule has 0 radical (unpaired) electrons. The largest absolute Gasteiger partial charge is 0.357 e. The first-order chi connectivity index (χ1) is 16.9. The number of allylic oxidation sites excluding steroid dienone is 1. The lowest BCUT2D eigenvalue weighted by Crippen LogP contribution is -2.46. The molecule has 2 aliphatic heterocycles. The molecule has 5 nitrogen and oxygen atoms in total. The van der Waals surface area contributed by atoms with Gasteiger partial charge in [0.2, 0.25) is 5.91 Å². The van der Waals surface area contributed by atoms with Crippen LogP contribution in [0, 0.1) is 0 Å². The highest BCUT2D eigenvalue weighted by atomic mass is 19.3. The van der Waals surface area contributed by atoms with Crippen LogP contribution in [0.4, 0.5) is 8.78 Å². The first-order valence-corrected chi connectivity index (χ1v) is 12.3. The van der Waals surface area contributed by atoms with E-state index in [2.05, 4.69) is 18.0 Å². The van der Waals surface area contributed by atoms with Crippen molar-refractivity contribution in [1.29, 1.82) is 0 Å². The fourth-order valence-corrected chi connectivity index (χ4v) is 5.42. The standard InChI is InChI=1S/C28H33F2N3O2/c1-3-4-10-24(27(34)31-2)33-18-22-17-21(11-12-23(22)28(33)35)19-13-15-32(16-14-19)25(26(29)30)20-8-6-5-7-9-20/h3,5-9,11-12,17,19,24-26H,1,4,10,13-16,18H2,2H3,(H,31,34). The average Bonchev–Trinajstić information content (AvgIpc) is 3.20. The SMILES string of the molecule is C=CCCC(C(=O)NC)N1Cc2cc(C3CCN(C(c4ccccc4)C(F)F)CC3)ccc2C1=O. The van der Waals surface area contributed by atoms with Gasteiger partial charge >= 0.3 is 0 Å². The number of hydrogen-bond donors (Lipinski definition) is 1. The fourth-order valence-electron chi connectivity index (χ4n) is 5.42. The van der Waals surface area contributed by atoms with Crippen molar-refractivity contribution >= 4 is 11.8 Å². The van der Waals surface area contributed by atoms with Gasteiger partial charge in [-0.25, -0.2) is 8.78 Å². The summed E-state index contributed by atoms with van der Waals surface area (Å²) in [6.07, 6.45) is 2.05. The Labute approximate surface area is 205 Å². The highest BCUT2D eigenvalue weighted by Gasteiger charge is 2.37. The van der Waals surface area contributed by atoms with E-state index in [1.54, 1.807) is 42.3 Å². The summed E-state index contributed by atoms with van der Waals surface area (Å²) in [4.78, 5) is 29.1. The summed E-state index contributed by atoms with van der Waals surface area (Å²) < 4.78 is 27.9. The van der Waals surface area contributed by atoms with Crippen LogP contribution in [0.1, 0.15) is 64.7 Å². The maximum atomic E-state index is 13.9. The van der Waals surface area contributed by atoms with Gasteiger partial charge in [-0.2, -0.15) is 0 Å². The van der Waals surface area contributed by atoms with E-state index < -0.39 is 18.5 Å². The lowest BCUT2D eigenvalue weighted by molar-refractivity contribution is -0.125. The second-order valence-electron chi connectivity index (χ2n) is 9.35. The normalized spacial score (nSPS) is 18.4. The van der Waals surface area contributed by atoms with E-state index in [-0.39, 0.29) is 17.7 Å². The van der Waals surface area contributed by atoms with Crippen LogP contribution in [-0.2, 0) is 11.3 Å². The van der Waals surface area contributed by atoms with E-state index in [1.807, 2.05) is 23.1 Å². The Balaban J connectivity index is 1.45. The lowest BCUT2D eigenvalue weighted by Gasteiger charge is -2.37. The third-order valence-corrected chi connectivity index (χ3v) is 7.30. The monoisotopic (exact) mass is 481 g/mol. The third kappa shape index (κ3) is 5.30. The molecule has 0 aliphatic carbocycles. The zero-order chi connectivity index (χ0) is 24.9. The number of nitrogens with zero attached hydrogens (tertiary/aromatic N) is 2. The first-order valence-electron chi connectivity index (χ1n) is 12.3. The van der Waals surface area contributed by atoms with Crippen molar-refractivity contribution in [3.8, 4) is 0 Å². The number of likely N-dealkylation sites (tertiary alicyclic amines) is 1. The van der Waals surface area contributed by atoms with Crippen LogP contribution < -0.4 is 5.32 Å². The Morgan fingerprint density at radius 1 is 1.17 bits per heavy atom. The Kier molecular flexibility index (Phi) is 7.96. The number of carbonyl (C=O) groups excluding carboxylic acids is 2. The van der Waals surface area contributed by atoms with Crippen molar-refractivity contribution in [3.05, 3.63) is 83.4 Å². The minimum absolute atomic E-state index is 0.123. The number of likely N-dealkylation sites (N-methyl/N-ethyl adjacent to an activating group) is 1. The van der Waals surface area contributed by atoms with E-state index in [9.17, 15) is 18.4 Å². The van der Waals surface area contributed by atoms with Gasteiger partial charge in [0.05, 0.1) is 6.04 Å². The van der Waals surface area contributed by atoms with Crippen LogP contribution in [0.25, 0.3) is 0 Å². The minimum Gasteiger partial charge on any atom is -0.357 e. The molecule has 1 fully saturated rings. The first kappa shape index (κ1) is 25.0. The molecule has 0 spiro atoms. The third-order valence-electron chi connectivity index (χ3n) is 7.30. The number of alkyl halides is 2. The lowest BCUT2D eigenvalue weighted by atomic mass is 9.87. The van der Waals surface area contributed by atoms with Gasteiger partial charge in [0.25, 0.3) is 12.3 Å². The van der Waals surface area contributed by atoms with Gasteiger partial charge in [0.15, 0.2) is 0 Å². The van der Waals surface area contributed by atoms with E-state index in [4.69, 9.17) is 0 Å². The highest BCUT2D eigenvalue weighted by molar-refractivity contribution is 6.01. The molecule has 2 heterocycles. The van der Waals surface area contributed by atoms with Gasteiger partial charge in [-0.15, -0.1) is 6.58 Å². The second kappa shape index (κ2) is 11.1. The number of amides is 2. The van der Waals surface area contributed by atoms with Gasteiger partial charge in [0.1, 0.15) is 6.04 Å². The second-order valence-corrected chi connectivity index (χ2v) is 9.35. The number of rotatable bonds is 9. The Morgan fingerprint density at radius 2 is 1.89 bits per heavy atom. The molecular weight excluding hydrogens is 448 g/mol.